The van der Waals surface area contributed by atoms with E-state index >= 15 is 0 Å². The monoisotopic (exact) mass is 289 g/mol. The molecule has 1 aromatic carbocycles. The molecule has 0 aliphatic carbocycles. The van der Waals surface area contributed by atoms with E-state index < -0.39 is 6.04 Å². The fraction of sp³-hybridized carbons (Fsp3) is 0.438. The van der Waals surface area contributed by atoms with Gasteiger partial charge in [-0.2, -0.15) is 0 Å². The van der Waals surface area contributed by atoms with Gasteiger partial charge in [0.05, 0.1) is 18.7 Å². The molecule has 1 aromatic heterocycles. The molecule has 5 nitrogen and oxygen atoms in total. The molecule has 21 heavy (non-hydrogen) atoms. The molecule has 0 bridgehead atoms. The largest absolute Gasteiger partial charge is 0.394 e. The van der Waals surface area contributed by atoms with E-state index in [1.165, 1.54) is 0 Å². The first kappa shape index (κ1) is 15.5. The average molecular weight is 289 g/mol. The van der Waals surface area contributed by atoms with Crippen molar-refractivity contribution in [3.8, 4) is 0 Å². The van der Waals surface area contributed by atoms with Crippen molar-refractivity contribution in [3.05, 3.63) is 36.0 Å². The molecule has 1 amide bonds. The fourth-order valence-corrected chi connectivity index (χ4v) is 2.34. The lowest BCUT2D eigenvalue weighted by molar-refractivity contribution is -0.123. The Kier molecular flexibility index (Phi) is 4.98. The van der Waals surface area contributed by atoms with Gasteiger partial charge >= 0.3 is 0 Å². The second-order valence-electron chi connectivity index (χ2n) is 5.71. The molecule has 0 fully saturated rings. The summed E-state index contributed by atoms with van der Waals surface area (Å²) in [6.07, 6.45) is 2.36. The van der Waals surface area contributed by atoms with Crippen molar-refractivity contribution in [1.82, 2.24) is 10.3 Å². The maximum Gasteiger partial charge on any atom is 0.237 e. The number of amides is 1. The van der Waals surface area contributed by atoms with Gasteiger partial charge in [-0.05, 0) is 24.0 Å². The average Bonchev–Trinajstić information content (AvgIpc) is 2.87. The third-order valence-corrected chi connectivity index (χ3v) is 3.78. The number of para-hydroxylation sites is 1. The summed E-state index contributed by atoms with van der Waals surface area (Å²) in [5.74, 6) is -0.0627. The maximum atomic E-state index is 12.1. The van der Waals surface area contributed by atoms with E-state index in [-0.39, 0.29) is 24.5 Å². The number of nitrogens with two attached hydrogens (primary N) is 1. The van der Waals surface area contributed by atoms with Crippen molar-refractivity contribution in [2.45, 2.75) is 32.4 Å². The molecule has 0 aliphatic rings. The van der Waals surface area contributed by atoms with Crippen molar-refractivity contribution in [1.29, 1.82) is 0 Å². The molecule has 5 heteroatoms. The molecular weight excluding hydrogens is 266 g/mol. The van der Waals surface area contributed by atoms with E-state index in [2.05, 4.69) is 10.3 Å². The van der Waals surface area contributed by atoms with Crippen LogP contribution in [0, 0.1) is 5.92 Å². The molecule has 0 radical (unpaired) electrons. The van der Waals surface area contributed by atoms with Gasteiger partial charge in [0, 0.05) is 17.1 Å². The molecule has 1 unspecified atom stereocenters. The summed E-state index contributed by atoms with van der Waals surface area (Å²) in [6.45, 7) is 3.82. The molecule has 1 heterocycles. The van der Waals surface area contributed by atoms with Crippen LogP contribution in [0.3, 0.4) is 0 Å². The van der Waals surface area contributed by atoms with Gasteiger partial charge in [0.2, 0.25) is 5.91 Å². The zero-order valence-corrected chi connectivity index (χ0v) is 12.5. The Balaban J connectivity index is 2.03. The van der Waals surface area contributed by atoms with Gasteiger partial charge in [0.25, 0.3) is 0 Å². The maximum absolute atomic E-state index is 12.1. The smallest absolute Gasteiger partial charge is 0.237 e. The van der Waals surface area contributed by atoms with Gasteiger partial charge < -0.3 is 21.1 Å². The van der Waals surface area contributed by atoms with Crippen LogP contribution in [0.5, 0.6) is 0 Å². The Morgan fingerprint density at radius 1 is 1.38 bits per heavy atom. The number of rotatable bonds is 6. The summed E-state index contributed by atoms with van der Waals surface area (Å²) < 4.78 is 0. The highest BCUT2D eigenvalue weighted by molar-refractivity contribution is 5.86. The van der Waals surface area contributed by atoms with Gasteiger partial charge in [-0.1, -0.05) is 32.0 Å². The normalized spacial score (nSPS) is 14.3. The van der Waals surface area contributed by atoms with Crippen LogP contribution in [0.25, 0.3) is 10.9 Å². The summed E-state index contributed by atoms with van der Waals surface area (Å²) >= 11 is 0. The number of H-pyrrole nitrogens is 1. The van der Waals surface area contributed by atoms with Crippen molar-refractivity contribution < 1.29 is 9.90 Å². The highest BCUT2D eigenvalue weighted by Gasteiger charge is 2.21. The Morgan fingerprint density at radius 2 is 2.10 bits per heavy atom. The first-order chi connectivity index (χ1) is 10.0. The topological polar surface area (TPSA) is 91.1 Å². The van der Waals surface area contributed by atoms with Gasteiger partial charge in [-0.15, -0.1) is 0 Å². The summed E-state index contributed by atoms with van der Waals surface area (Å²) in [6, 6.07) is 7.04. The van der Waals surface area contributed by atoms with Crippen molar-refractivity contribution in [3.63, 3.8) is 0 Å². The SMILES string of the molecule is CC(C)[C@@H](CO)NC(=O)C(N)Cc1c[nH]c2ccccc12. The Labute approximate surface area is 124 Å². The Morgan fingerprint density at radius 3 is 2.76 bits per heavy atom. The molecule has 0 saturated carbocycles. The lowest BCUT2D eigenvalue weighted by Crippen LogP contribution is -2.49. The number of carbonyl (C=O) groups excluding carboxylic acids is 1. The summed E-state index contributed by atoms with van der Waals surface area (Å²) in [4.78, 5) is 15.3. The number of aromatic amines is 1. The number of aromatic nitrogens is 1. The molecule has 114 valence electrons. The second-order valence-corrected chi connectivity index (χ2v) is 5.71. The zero-order valence-electron chi connectivity index (χ0n) is 12.5. The van der Waals surface area contributed by atoms with Gasteiger partial charge in [-0.3, -0.25) is 4.79 Å². The van der Waals surface area contributed by atoms with E-state index in [4.69, 9.17) is 5.73 Å². The molecule has 2 atom stereocenters. The lowest BCUT2D eigenvalue weighted by Gasteiger charge is -2.22. The van der Waals surface area contributed by atoms with Crippen molar-refractivity contribution in [2.24, 2.45) is 11.7 Å². The summed E-state index contributed by atoms with van der Waals surface area (Å²) in [5, 5.41) is 13.2. The molecule has 0 aliphatic heterocycles. The number of aliphatic hydroxyl groups is 1. The standard InChI is InChI=1S/C16H23N3O2/c1-10(2)15(9-20)19-16(21)13(17)7-11-8-18-14-6-4-3-5-12(11)14/h3-6,8,10,13,15,18,20H,7,9,17H2,1-2H3,(H,19,21)/t13?,15-/m1/s1. The molecule has 0 saturated heterocycles. The lowest BCUT2D eigenvalue weighted by atomic mass is 10.0. The highest BCUT2D eigenvalue weighted by atomic mass is 16.3. The number of nitrogens with one attached hydrogen (secondary N) is 2. The van der Waals surface area contributed by atoms with Crippen LogP contribution in [0.15, 0.2) is 30.5 Å². The molecule has 5 N–H and O–H groups in total. The molecule has 2 rings (SSSR count). The van der Waals surface area contributed by atoms with E-state index in [0.29, 0.717) is 6.42 Å². The van der Waals surface area contributed by atoms with Gasteiger partial charge in [0.15, 0.2) is 0 Å². The number of carbonyl (C=O) groups is 1. The third kappa shape index (κ3) is 3.62. The highest BCUT2D eigenvalue weighted by Crippen LogP contribution is 2.18. The first-order valence-corrected chi connectivity index (χ1v) is 7.24. The molecular formula is C16H23N3O2. The number of hydrogen-bond donors (Lipinski definition) is 4. The van der Waals surface area contributed by atoms with Crippen LogP contribution in [0.1, 0.15) is 19.4 Å². The number of benzene rings is 1. The molecule has 2 aromatic rings. The van der Waals surface area contributed by atoms with E-state index in [1.54, 1.807) is 0 Å². The summed E-state index contributed by atoms with van der Waals surface area (Å²) in [5.41, 5.74) is 8.06. The Bertz CT molecular complexity index is 606. The zero-order chi connectivity index (χ0) is 15.4. The third-order valence-electron chi connectivity index (χ3n) is 3.78. The van der Waals surface area contributed by atoms with E-state index in [0.717, 1.165) is 16.5 Å². The number of hydrogen-bond acceptors (Lipinski definition) is 3. The minimum atomic E-state index is -0.628. The Hall–Kier alpha value is -1.85. The summed E-state index contributed by atoms with van der Waals surface area (Å²) in [7, 11) is 0. The minimum Gasteiger partial charge on any atom is -0.394 e. The van der Waals surface area contributed by atoms with Crippen molar-refractivity contribution >= 4 is 16.8 Å². The second kappa shape index (κ2) is 6.74. The van der Waals surface area contributed by atoms with E-state index in [1.807, 2.05) is 44.3 Å². The van der Waals surface area contributed by atoms with Crippen molar-refractivity contribution in [2.75, 3.05) is 6.61 Å². The number of fused-ring (bicyclic) bond motifs is 1. The number of aliphatic hydroxyl groups excluding tert-OH is 1. The van der Waals surface area contributed by atoms with E-state index in [9.17, 15) is 9.90 Å². The van der Waals surface area contributed by atoms with Crippen LogP contribution in [0.4, 0.5) is 0 Å². The minimum absolute atomic E-state index is 0.0801. The van der Waals surface area contributed by atoms with Crippen LogP contribution in [-0.2, 0) is 11.2 Å². The predicted octanol–water partition coefficient (Wildman–Crippen LogP) is 1.17. The van der Waals surface area contributed by atoms with Crippen LogP contribution < -0.4 is 11.1 Å². The van der Waals surface area contributed by atoms with Crippen LogP contribution in [0.2, 0.25) is 0 Å². The molecule has 0 spiro atoms. The quantitative estimate of drug-likeness (QED) is 0.643. The predicted molar refractivity (Wildman–Crippen MR) is 83.8 cm³/mol. The van der Waals surface area contributed by atoms with Gasteiger partial charge in [0.1, 0.15) is 0 Å². The van der Waals surface area contributed by atoms with Gasteiger partial charge in [-0.25, -0.2) is 0 Å². The van der Waals surface area contributed by atoms with Crippen LogP contribution in [-0.4, -0.2) is 34.7 Å². The fourth-order valence-electron chi connectivity index (χ4n) is 2.34. The first-order valence-electron chi connectivity index (χ1n) is 7.24. The van der Waals surface area contributed by atoms with Crippen LogP contribution >= 0.6 is 0 Å².